The number of ether oxygens (including phenoxy) is 1. The van der Waals surface area contributed by atoms with Gasteiger partial charge in [0.15, 0.2) is 0 Å². The molecule has 0 spiro atoms. The second kappa shape index (κ2) is 5.17. The standard InChI is InChI=1S/C15H13O/c1-16-15-11-9-14(10-12-15)8-7-13-5-3-2-4-6-13/h2-11H,1H3. The van der Waals surface area contributed by atoms with Gasteiger partial charge in [-0.05, 0) is 23.3 Å². The maximum atomic E-state index is 5.05. The minimum atomic E-state index is 0.761. The van der Waals surface area contributed by atoms with Crippen LogP contribution in [0.1, 0.15) is 11.1 Å². The van der Waals surface area contributed by atoms with E-state index in [-0.39, 0.29) is 0 Å². The molecule has 0 saturated heterocycles. The molecule has 0 aliphatic rings. The maximum Gasteiger partial charge on any atom is 0.126 e. The summed E-state index contributed by atoms with van der Waals surface area (Å²) in [6.07, 6.45) is 4.14. The lowest BCUT2D eigenvalue weighted by Gasteiger charge is -1.98. The van der Waals surface area contributed by atoms with Crippen molar-refractivity contribution in [2.45, 2.75) is 0 Å². The van der Waals surface area contributed by atoms with E-state index in [9.17, 15) is 0 Å². The van der Waals surface area contributed by atoms with Crippen LogP contribution in [0.25, 0.3) is 12.2 Å². The molecule has 0 N–H and O–H groups in total. The predicted octanol–water partition coefficient (Wildman–Crippen LogP) is 3.67. The highest BCUT2D eigenvalue weighted by Crippen LogP contribution is 2.13. The highest BCUT2D eigenvalue weighted by Gasteiger charge is 1.90. The molecule has 1 heteroatoms. The second-order valence-electron chi connectivity index (χ2n) is 3.43. The lowest BCUT2D eigenvalue weighted by molar-refractivity contribution is 0.414. The monoisotopic (exact) mass is 209 g/mol. The number of benzene rings is 2. The Bertz CT molecular complexity index is 455. The quantitative estimate of drug-likeness (QED) is 0.701. The summed E-state index contributed by atoms with van der Waals surface area (Å²) in [5.74, 6) is 0.761. The van der Waals surface area contributed by atoms with E-state index in [1.54, 1.807) is 7.11 Å². The van der Waals surface area contributed by atoms with Crippen LogP contribution in [0.2, 0.25) is 0 Å². The molecule has 79 valence electrons. The van der Waals surface area contributed by atoms with Crippen molar-refractivity contribution in [3.63, 3.8) is 0 Å². The van der Waals surface area contributed by atoms with Gasteiger partial charge in [-0.15, -0.1) is 0 Å². The van der Waals surface area contributed by atoms with Gasteiger partial charge in [-0.25, -0.2) is 0 Å². The summed E-state index contributed by atoms with van der Waals surface area (Å²) in [6.45, 7) is 0. The first-order chi connectivity index (χ1) is 7.88. The van der Waals surface area contributed by atoms with Crippen LogP contribution in [0.4, 0.5) is 0 Å². The Morgan fingerprint density at radius 1 is 0.938 bits per heavy atom. The number of methoxy groups -OCH3 is 1. The fourth-order valence-corrected chi connectivity index (χ4v) is 1.41. The van der Waals surface area contributed by atoms with E-state index in [4.69, 9.17) is 4.74 Å². The molecule has 2 rings (SSSR count). The van der Waals surface area contributed by atoms with E-state index in [0.717, 1.165) is 11.3 Å². The molecular weight excluding hydrogens is 196 g/mol. The molecule has 0 saturated carbocycles. The van der Waals surface area contributed by atoms with Crippen molar-refractivity contribution in [3.05, 3.63) is 65.7 Å². The van der Waals surface area contributed by atoms with Crippen LogP contribution < -0.4 is 4.74 Å². The maximum absolute atomic E-state index is 5.05. The van der Waals surface area contributed by atoms with Crippen molar-refractivity contribution in [3.8, 4) is 5.75 Å². The van der Waals surface area contributed by atoms with Gasteiger partial charge >= 0.3 is 0 Å². The largest absolute Gasteiger partial charge is 0.496 e. The molecule has 16 heavy (non-hydrogen) atoms. The first-order valence-corrected chi connectivity index (χ1v) is 5.17. The van der Waals surface area contributed by atoms with Crippen molar-refractivity contribution >= 4 is 12.2 Å². The third kappa shape index (κ3) is 2.74. The van der Waals surface area contributed by atoms with Crippen LogP contribution in [0.5, 0.6) is 5.75 Å². The Kier molecular flexibility index (Phi) is 3.39. The molecule has 1 radical (unpaired) electrons. The minimum Gasteiger partial charge on any atom is -0.496 e. The average Bonchev–Trinajstić information content (AvgIpc) is 2.38. The molecule has 1 nitrogen and oxygen atoms in total. The molecule has 0 bridgehead atoms. The van der Waals surface area contributed by atoms with Gasteiger partial charge in [0.2, 0.25) is 0 Å². The third-order valence-electron chi connectivity index (χ3n) is 2.30. The van der Waals surface area contributed by atoms with E-state index in [0.29, 0.717) is 0 Å². The summed E-state index contributed by atoms with van der Waals surface area (Å²) < 4.78 is 5.05. The van der Waals surface area contributed by atoms with Crippen molar-refractivity contribution in [2.75, 3.05) is 7.11 Å². The molecule has 2 aromatic rings. The zero-order valence-electron chi connectivity index (χ0n) is 9.18. The van der Waals surface area contributed by atoms with Crippen LogP contribution in [-0.4, -0.2) is 7.11 Å². The molecule has 0 aromatic heterocycles. The van der Waals surface area contributed by atoms with Crippen LogP contribution in [0, 0.1) is 6.07 Å². The van der Waals surface area contributed by atoms with Gasteiger partial charge in [0.1, 0.15) is 5.75 Å². The lowest BCUT2D eigenvalue weighted by Crippen LogP contribution is -1.81. The van der Waals surface area contributed by atoms with Crippen LogP contribution >= 0.6 is 0 Å². The highest BCUT2D eigenvalue weighted by molar-refractivity contribution is 5.69. The molecule has 0 atom stereocenters. The van der Waals surface area contributed by atoms with E-state index in [1.807, 2.05) is 36.4 Å². The predicted molar refractivity (Wildman–Crippen MR) is 67.2 cm³/mol. The normalized spacial score (nSPS) is 10.6. The first kappa shape index (κ1) is 10.5. The Labute approximate surface area is 96.0 Å². The number of hydrogen-bond donors (Lipinski definition) is 0. The number of rotatable bonds is 3. The van der Waals surface area contributed by atoms with Crippen molar-refractivity contribution < 1.29 is 4.74 Å². The molecule has 0 amide bonds. The highest BCUT2D eigenvalue weighted by atomic mass is 16.5. The van der Waals surface area contributed by atoms with Crippen LogP contribution in [-0.2, 0) is 0 Å². The minimum absolute atomic E-state index is 0.761. The van der Waals surface area contributed by atoms with E-state index >= 15 is 0 Å². The fraction of sp³-hybridized carbons (Fsp3) is 0.0667. The van der Waals surface area contributed by atoms with E-state index in [2.05, 4.69) is 30.4 Å². The molecular formula is C15H13O. The Balaban J connectivity index is 2.12. The summed E-state index contributed by atoms with van der Waals surface area (Å²) in [7, 11) is 1.64. The molecule has 0 aliphatic heterocycles. The average molecular weight is 209 g/mol. The third-order valence-corrected chi connectivity index (χ3v) is 2.30. The SMILES string of the molecule is COc1[c]cc(C=Cc2ccccc2)cc1. The van der Waals surface area contributed by atoms with Gasteiger partial charge in [0.05, 0.1) is 7.11 Å². The van der Waals surface area contributed by atoms with Crippen LogP contribution in [0.15, 0.2) is 48.5 Å². The Morgan fingerprint density at radius 3 is 2.31 bits per heavy atom. The summed E-state index contributed by atoms with van der Waals surface area (Å²) in [5, 5.41) is 0. The summed E-state index contributed by atoms with van der Waals surface area (Å²) >= 11 is 0. The summed E-state index contributed by atoms with van der Waals surface area (Å²) in [6, 6.07) is 19.1. The Morgan fingerprint density at radius 2 is 1.69 bits per heavy atom. The van der Waals surface area contributed by atoms with E-state index < -0.39 is 0 Å². The second-order valence-corrected chi connectivity index (χ2v) is 3.43. The Hall–Kier alpha value is -2.02. The fourth-order valence-electron chi connectivity index (χ4n) is 1.41. The smallest absolute Gasteiger partial charge is 0.126 e. The number of hydrogen-bond acceptors (Lipinski definition) is 1. The van der Waals surface area contributed by atoms with Gasteiger partial charge in [0, 0.05) is 6.07 Å². The van der Waals surface area contributed by atoms with E-state index in [1.165, 1.54) is 5.56 Å². The molecule has 0 fully saturated rings. The van der Waals surface area contributed by atoms with Crippen molar-refractivity contribution in [1.82, 2.24) is 0 Å². The first-order valence-electron chi connectivity index (χ1n) is 5.17. The summed E-state index contributed by atoms with van der Waals surface area (Å²) in [5.41, 5.74) is 2.31. The summed E-state index contributed by atoms with van der Waals surface area (Å²) in [4.78, 5) is 0. The van der Waals surface area contributed by atoms with Crippen LogP contribution in [0.3, 0.4) is 0 Å². The van der Waals surface area contributed by atoms with Gasteiger partial charge in [-0.3, -0.25) is 0 Å². The van der Waals surface area contributed by atoms with Gasteiger partial charge < -0.3 is 4.74 Å². The molecule has 2 aromatic carbocycles. The molecule has 0 aliphatic carbocycles. The molecule has 0 heterocycles. The topological polar surface area (TPSA) is 9.23 Å². The van der Waals surface area contributed by atoms with Gasteiger partial charge in [-0.2, -0.15) is 0 Å². The van der Waals surface area contributed by atoms with Gasteiger partial charge in [0.25, 0.3) is 0 Å². The zero-order valence-corrected chi connectivity index (χ0v) is 9.18. The van der Waals surface area contributed by atoms with Gasteiger partial charge in [-0.1, -0.05) is 48.6 Å². The molecule has 0 unspecified atom stereocenters. The van der Waals surface area contributed by atoms with Crippen molar-refractivity contribution in [2.24, 2.45) is 0 Å². The zero-order chi connectivity index (χ0) is 11.2. The lowest BCUT2D eigenvalue weighted by atomic mass is 10.1. The van der Waals surface area contributed by atoms with Crippen molar-refractivity contribution in [1.29, 1.82) is 0 Å².